The first-order valence-corrected chi connectivity index (χ1v) is 19.5. The number of aliphatic hydroxyl groups excluding tert-OH is 1. The molecule has 10 rings (SSSR count). The molecule has 6 fully saturated rings. The largest absolute Gasteiger partial charge is 0.392 e. The van der Waals surface area contributed by atoms with Gasteiger partial charge in [-0.3, -0.25) is 4.57 Å². The predicted molar refractivity (Wildman–Crippen MR) is 198 cm³/mol. The van der Waals surface area contributed by atoms with Crippen LogP contribution in [0.25, 0.3) is 11.0 Å². The summed E-state index contributed by atoms with van der Waals surface area (Å²) in [6, 6.07) is 24.2. The first-order chi connectivity index (χ1) is 25.4. The van der Waals surface area contributed by atoms with E-state index in [1.807, 2.05) is 53.1 Å². The summed E-state index contributed by atoms with van der Waals surface area (Å²) in [6.07, 6.45) is 9.26. The molecule has 2 amide bonds. The number of aliphatic hydroxyl groups is 1. The predicted octanol–water partition coefficient (Wildman–Crippen LogP) is 6.47. The molecule has 2 saturated heterocycles. The van der Waals surface area contributed by atoms with E-state index < -0.39 is 6.29 Å². The zero-order valence-corrected chi connectivity index (χ0v) is 29.8. The number of H-pyrrole nitrogens is 1. The standard InChI is InChI=1S/C42H51N5O5/c48-26-28-7-9-32(10-8-28)38-20-35(25-46-15-13-34(14-16-46)47-37-4-2-1-3-36(37)44-41(47)50)51-39(52-38)33-11-5-27(6-12-33)24-43-40(49)45-42-21-29-17-30(22-42)19-31(18-29)23-42/h1-12,29-31,34-35,38-39,48H,13-26H2,(H,44,50)(H2,43,45,49). The van der Waals surface area contributed by atoms with Crippen molar-refractivity contribution in [3.05, 3.63) is 106 Å². The van der Waals surface area contributed by atoms with Crippen LogP contribution in [0.1, 0.15) is 98.5 Å². The van der Waals surface area contributed by atoms with Crippen LogP contribution in [0.2, 0.25) is 0 Å². The third kappa shape index (κ3) is 6.94. The van der Waals surface area contributed by atoms with E-state index in [1.54, 1.807) is 0 Å². The van der Waals surface area contributed by atoms with Gasteiger partial charge in [0.25, 0.3) is 0 Å². The number of aromatic amines is 1. The molecule has 4 aromatic rings. The fourth-order valence-electron chi connectivity index (χ4n) is 10.6. The maximum atomic E-state index is 13.1. The molecule has 2 aliphatic heterocycles. The molecular weight excluding hydrogens is 654 g/mol. The molecule has 52 heavy (non-hydrogen) atoms. The second-order valence-corrected chi connectivity index (χ2v) is 16.4. The Balaban J connectivity index is 0.840. The van der Waals surface area contributed by atoms with E-state index in [9.17, 15) is 14.7 Å². The molecular formula is C42H51N5O5. The number of aromatic nitrogens is 2. The third-order valence-electron chi connectivity index (χ3n) is 12.7. The van der Waals surface area contributed by atoms with Gasteiger partial charge in [-0.1, -0.05) is 60.7 Å². The Morgan fingerprint density at radius 3 is 2.17 bits per heavy atom. The minimum Gasteiger partial charge on any atom is -0.392 e. The lowest BCUT2D eigenvalue weighted by Crippen LogP contribution is -2.61. The lowest BCUT2D eigenvalue weighted by Gasteiger charge is -2.56. The number of hydrogen-bond acceptors (Lipinski definition) is 6. The molecule has 10 heteroatoms. The van der Waals surface area contributed by atoms with Crippen LogP contribution in [0.5, 0.6) is 0 Å². The minimum atomic E-state index is -0.537. The molecule has 3 heterocycles. The van der Waals surface area contributed by atoms with Crippen molar-refractivity contribution in [2.45, 2.75) is 101 Å². The summed E-state index contributed by atoms with van der Waals surface area (Å²) in [7, 11) is 0. The van der Waals surface area contributed by atoms with Crippen LogP contribution >= 0.6 is 0 Å². The quantitative estimate of drug-likeness (QED) is 0.159. The number of amides is 2. The fourth-order valence-corrected chi connectivity index (χ4v) is 10.6. The van der Waals surface area contributed by atoms with Crippen molar-refractivity contribution in [2.75, 3.05) is 19.6 Å². The molecule has 6 aliphatic rings. The Bertz CT molecular complexity index is 1890. The van der Waals surface area contributed by atoms with Gasteiger partial charge in [0.2, 0.25) is 0 Å². The van der Waals surface area contributed by atoms with Crippen LogP contribution < -0.4 is 16.3 Å². The van der Waals surface area contributed by atoms with Crippen molar-refractivity contribution in [1.82, 2.24) is 25.1 Å². The van der Waals surface area contributed by atoms with Gasteiger partial charge in [-0.15, -0.1) is 0 Å². The zero-order chi connectivity index (χ0) is 35.2. The van der Waals surface area contributed by atoms with Crippen molar-refractivity contribution in [1.29, 1.82) is 0 Å². The number of piperidine rings is 1. The van der Waals surface area contributed by atoms with Crippen LogP contribution in [0.15, 0.2) is 77.6 Å². The number of para-hydroxylation sites is 2. The van der Waals surface area contributed by atoms with Crippen LogP contribution in [-0.2, 0) is 22.6 Å². The number of benzene rings is 3. The highest BCUT2D eigenvalue weighted by Crippen LogP contribution is 2.55. The van der Waals surface area contributed by atoms with Gasteiger partial charge in [-0.05, 0) is 97.9 Å². The van der Waals surface area contributed by atoms with E-state index in [4.69, 9.17) is 9.47 Å². The number of rotatable bonds is 9. The fraction of sp³-hybridized carbons (Fsp3) is 0.524. The zero-order valence-electron chi connectivity index (χ0n) is 29.8. The number of ether oxygens (including phenoxy) is 2. The van der Waals surface area contributed by atoms with Crippen LogP contribution in [0, 0.1) is 17.8 Å². The highest BCUT2D eigenvalue weighted by atomic mass is 16.7. The summed E-state index contributed by atoms with van der Waals surface area (Å²) >= 11 is 0. The molecule has 4 bridgehead atoms. The van der Waals surface area contributed by atoms with E-state index in [0.717, 1.165) is 109 Å². The number of hydrogen-bond donors (Lipinski definition) is 4. The van der Waals surface area contributed by atoms with Crippen molar-refractivity contribution in [2.24, 2.45) is 17.8 Å². The average molecular weight is 706 g/mol. The van der Waals surface area contributed by atoms with E-state index in [-0.39, 0.29) is 42.1 Å². The number of imidazole rings is 1. The van der Waals surface area contributed by atoms with E-state index in [0.29, 0.717) is 6.54 Å². The molecule has 3 aromatic carbocycles. The highest BCUT2D eigenvalue weighted by Gasteiger charge is 2.51. The Kier molecular flexibility index (Phi) is 9.19. The van der Waals surface area contributed by atoms with Crippen molar-refractivity contribution >= 4 is 17.1 Å². The lowest BCUT2D eigenvalue weighted by atomic mass is 9.53. The van der Waals surface area contributed by atoms with Gasteiger partial charge >= 0.3 is 11.7 Å². The van der Waals surface area contributed by atoms with Gasteiger partial charge in [-0.25, -0.2) is 9.59 Å². The van der Waals surface area contributed by atoms with E-state index in [2.05, 4.69) is 44.8 Å². The number of urea groups is 1. The van der Waals surface area contributed by atoms with Crippen molar-refractivity contribution < 1.29 is 19.4 Å². The first-order valence-electron chi connectivity index (χ1n) is 19.5. The summed E-state index contributed by atoms with van der Waals surface area (Å²) in [5, 5.41) is 16.2. The Hall–Kier alpha value is -3.96. The summed E-state index contributed by atoms with van der Waals surface area (Å²) < 4.78 is 15.2. The SMILES string of the molecule is O=C(NCc1ccc(C2OC(CN3CCC(n4c(=O)[nH]c5ccccc54)CC3)CC(c3ccc(CO)cc3)O2)cc1)NC12CC3CC(CC(C3)C1)C2. The van der Waals surface area contributed by atoms with E-state index >= 15 is 0 Å². The Morgan fingerprint density at radius 1 is 0.827 bits per heavy atom. The first kappa shape index (κ1) is 33.8. The smallest absolute Gasteiger partial charge is 0.326 e. The van der Waals surface area contributed by atoms with Crippen LogP contribution in [0.4, 0.5) is 4.79 Å². The number of nitrogens with one attached hydrogen (secondary N) is 3. The van der Waals surface area contributed by atoms with Gasteiger partial charge in [0, 0.05) is 49.7 Å². The monoisotopic (exact) mass is 705 g/mol. The second kappa shape index (κ2) is 14.1. The maximum absolute atomic E-state index is 13.1. The van der Waals surface area contributed by atoms with Gasteiger partial charge < -0.3 is 35.1 Å². The lowest BCUT2D eigenvalue weighted by molar-refractivity contribution is -0.253. The molecule has 4 saturated carbocycles. The van der Waals surface area contributed by atoms with Crippen molar-refractivity contribution in [3.8, 4) is 0 Å². The molecule has 4 N–H and O–H groups in total. The normalized spacial score (nSPS) is 30.5. The molecule has 3 unspecified atom stereocenters. The van der Waals surface area contributed by atoms with E-state index in [1.165, 1.54) is 19.3 Å². The molecule has 0 spiro atoms. The Morgan fingerprint density at radius 2 is 1.48 bits per heavy atom. The number of fused-ring (bicyclic) bond motifs is 1. The minimum absolute atomic E-state index is 0.00358. The van der Waals surface area contributed by atoms with Gasteiger partial charge in [0.05, 0.1) is 29.8 Å². The highest BCUT2D eigenvalue weighted by molar-refractivity contribution is 5.75. The van der Waals surface area contributed by atoms with Gasteiger partial charge in [0.1, 0.15) is 0 Å². The van der Waals surface area contributed by atoms with Gasteiger partial charge in [-0.2, -0.15) is 0 Å². The third-order valence-corrected chi connectivity index (χ3v) is 12.7. The molecule has 0 radical (unpaired) electrons. The number of nitrogens with zero attached hydrogens (tertiary/aromatic N) is 2. The molecule has 4 aliphatic carbocycles. The number of carbonyl (C=O) groups excluding carboxylic acids is 1. The second-order valence-electron chi connectivity index (χ2n) is 16.4. The molecule has 10 nitrogen and oxygen atoms in total. The number of carbonyl (C=O) groups is 1. The maximum Gasteiger partial charge on any atom is 0.326 e. The average Bonchev–Trinajstić information content (AvgIpc) is 3.49. The summed E-state index contributed by atoms with van der Waals surface area (Å²) in [5.74, 6) is 2.37. The van der Waals surface area contributed by atoms with Crippen molar-refractivity contribution in [3.63, 3.8) is 0 Å². The summed E-state index contributed by atoms with van der Waals surface area (Å²) in [4.78, 5) is 31.4. The van der Waals surface area contributed by atoms with Crippen LogP contribution in [0.3, 0.4) is 0 Å². The number of likely N-dealkylation sites (tertiary alicyclic amines) is 1. The Labute approximate surface area is 304 Å². The molecule has 274 valence electrons. The molecule has 1 aromatic heterocycles. The summed E-state index contributed by atoms with van der Waals surface area (Å²) in [5.41, 5.74) is 5.74. The molecule has 3 atom stereocenters. The van der Waals surface area contributed by atoms with Crippen LogP contribution in [-0.4, -0.2) is 56.9 Å². The van der Waals surface area contributed by atoms with Gasteiger partial charge in [0.15, 0.2) is 6.29 Å². The summed E-state index contributed by atoms with van der Waals surface area (Å²) in [6.45, 7) is 3.02. The topological polar surface area (TPSA) is 121 Å².